The Hall–Kier alpha value is -4.59. The van der Waals surface area contributed by atoms with E-state index < -0.39 is 64.6 Å². The van der Waals surface area contributed by atoms with Crippen LogP contribution >= 0.6 is 22.9 Å². The predicted molar refractivity (Wildman–Crippen MR) is 182 cm³/mol. The minimum Gasteiger partial charge on any atom is -0.481 e. The van der Waals surface area contributed by atoms with Crippen molar-refractivity contribution in [3.05, 3.63) is 70.2 Å². The van der Waals surface area contributed by atoms with E-state index in [1.54, 1.807) is 43.5 Å². The van der Waals surface area contributed by atoms with Gasteiger partial charge in [0.25, 0.3) is 0 Å². The molecule has 2 saturated heterocycles. The molecule has 0 spiro atoms. The highest BCUT2D eigenvalue weighted by molar-refractivity contribution is 7.22. The molecule has 0 radical (unpaired) electrons. The van der Waals surface area contributed by atoms with Crippen molar-refractivity contribution in [2.24, 2.45) is 36.1 Å². The van der Waals surface area contributed by atoms with E-state index in [4.69, 9.17) is 21.1 Å². The fraction of sp³-hybridized carbons (Fsp3) is 0.389. The number of carbonyl (C=O) groups excluding carboxylic acids is 4. The van der Waals surface area contributed by atoms with Crippen molar-refractivity contribution in [3.8, 4) is 10.6 Å². The second-order valence-corrected chi connectivity index (χ2v) is 15.3. The van der Waals surface area contributed by atoms with Gasteiger partial charge in [0.05, 0.1) is 40.4 Å². The number of carboxylic acids is 1. The number of rotatable bonds is 7. The molecule has 14 heteroatoms. The number of carbonyl (C=O) groups is 5. The Labute approximate surface area is 294 Å². The summed E-state index contributed by atoms with van der Waals surface area (Å²) in [7, 11) is 1.68. The zero-order valence-corrected chi connectivity index (χ0v) is 29.0. The van der Waals surface area contributed by atoms with Crippen molar-refractivity contribution in [1.82, 2.24) is 14.7 Å². The molecule has 3 aromatic heterocycles. The van der Waals surface area contributed by atoms with Crippen LogP contribution in [0.3, 0.4) is 0 Å². The van der Waals surface area contributed by atoms with E-state index in [9.17, 15) is 34.2 Å². The first-order valence-corrected chi connectivity index (χ1v) is 17.6. The smallest absolute Gasteiger partial charge is 0.305 e. The third-order valence-corrected chi connectivity index (χ3v) is 12.8. The summed E-state index contributed by atoms with van der Waals surface area (Å²) in [5.41, 5.74) is 0.982. The summed E-state index contributed by atoms with van der Waals surface area (Å²) in [6.07, 6.45) is 1.89. The van der Waals surface area contributed by atoms with Gasteiger partial charge in [-0.3, -0.25) is 33.6 Å². The van der Waals surface area contributed by atoms with Crippen molar-refractivity contribution in [1.29, 1.82) is 0 Å². The fourth-order valence-corrected chi connectivity index (χ4v) is 10.2. The summed E-state index contributed by atoms with van der Waals surface area (Å²) in [6.45, 7) is 3.14. The van der Waals surface area contributed by atoms with Crippen LogP contribution in [0.15, 0.2) is 52.5 Å². The highest BCUT2D eigenvalue weighted by atomic mass is 35.5. The van der Waals surface area contributed by atoms with Crippen molar-refractivity contribution < 1.29 is 38.6 Å². The first kappa shape index (κ1) is 32.6. The minimum absolute atomic E-state index is 0.140. The van der Waals surface area contributed by atoms with Crippen molar-refractivity contribution in [2.45, 2.75) is 45.6 Å². The number of anilines is 1. The molecule has 8 rings (SSSR count). The van der Waals surface area contributed by atoms with Gasteiger partial charge in [-0.1, -0.05) is 23.3 Å². The van der Waals surface area contributed by atoms with Crippen LogP contribution in [0, 0.1) is 36.0 Å². The number of nitrogens with zero attached hydrogens (tertiary/aromatic N) is 4. The topological polar surface area (TPSA) is 163 Å². The zero-order valence-electron chi connectivity index (χ0n) is 27.4. The molecule has 50 heavy (non-hydrogen) atoms. The SMILES string of the molecule is Cc1c(-c2cc(N3C(=O)[C@@H]4C[C@@H]5C(=CC[C@@H]6C(=O)N(CCC(=O)O)C(=O)[C@@H]65)[C@H](c5ccc(CO)o5)[C@]4(C)C3=O)n(C)n2)sc2ccc(Cl)cc12. The lowest BCUT2D eigenvalue weighted by molar-refractivity contribution is -0.142. The molecule has 4 aliphatic rings. The highest BCUT2D eigenvalue weighted by Crippen LogP contribution is 2.63. The number of imide groups is 2. The number of carboxylic acid groups (broad SMARTS) is 1. The third kappa shape index (κ3) is 4.52. The molecular formula is C36H33ClN4O8S. The van der Waals surface area contributed by atoms with Gasteiger partial charge in [0, 0.05) is 29.4 Å². The first-order valence-electron chi connectivity index (χ1n) is 16.4. The van der Waals surface area contributed by atoms with Gasteiger partial charge >= 0.3 is 5.97 Å². The van der Waals surface area contributed by atoms with Gasteiger partial charge in [-0.25, -0.2) is 4.90 Å². The van der Waals surface area contributed by atoms with Crippen molar-refractivity contribution >= 4 is 68.4 Å². The van der Waals surface area contributed by atoms with Gasteiger partial charge in [0.15, 0.2) is 0 Å². The van der Waals surface area contributed by atoms with Crippen LogP contribution in [0.4, 0.5) is 5.82 Å². The Kier molecular flexibility index (Phi) is 7.48. The molecule has 2 N–H and O–H groups in total. The normalized spacial score (nSPS) is 27.6. The zero-order chi connectivity index (χ0) is 35.4. The van der Waals surface area contributed by atoms with Gasteiger partial charge in [-0.15, -0.1) is 11.3 Å². The summed E-state index contributed by atoms with van der Waals surface area (Å²) in [5, 5.41) is 25.4. The number of likely N-dealkylation sites (tertiary alicyclic amines) is 1. The molecule has 1 saturated carbocycles. The van der Waals surface area contributed by atoms with Crippen molar-refractivity contribution in [3.63, 3.8) is 0 Å². The maximum atomic E-state index is 14.8. The number of amides is 4. The van der Waals surface area contributed by atoms with Crippen LogP contribution in [0.1, 0.15) is 49.2 Å². The highest BCUT2D eigenvalue weighted by Gasteiger charge is 2.68. The van der Waals surface area contributed by atoms with Crippen molar-refractivity contribution in [2.75, 3.05) is 11.4 Å². The number of aliphatic hydroxyl groups is 1. The lowest BCUT2D eigenvalue weighted by Gasteiger charge is -2.48. The molecule has 12 nitrogen and oxygen atoms in total. The molecular weight excluding hydrogens is 684 g/mol. The number of halogens is 1. The van der Waals surface area contributed by atoms with E-state index >= 15 is 0 Å². The average molecular weight is 717 g/mol. The van der Waals surface area contributed by atoms with Crippen LogP contribution < -0.4 is 4.90 Å². The number of benzene rings is 1. The second kappa shape index (κ2) is 11.5. The van der Waals surface area contributed by atoms with Gasteiger partial charge in [-0.05, 0) is 73.9 Å². The van der Waals surface area contributed by atoms with Crippen LogP contribution in [-0.4, -0.2) is 61.0 Å². The second-order valence-electron chi connectivity index (χ2n) is 13.8. The van der Waals surface area contributed by atoms with Crippen LogP contribution in [0.2, 0.25) is 5.02 Å². The maximum Gasteiger partial charge on any atom is 0.305 e. The average Bonchev–Trinajstić information content (AvgIpc) is 3.87. The Balaban J connectivity index is 1.21. The number of hydrogen-bond donors (Lipinski definition) is 2. The quantitative estimate of drug-likeness (QED) is 0.197. The van der Waals surface area contributed by atoms with E-state index in [2.05, 4.69) is 0 Å². The molecule has 4 aromatic rings. The molecule has 6 atom stereocenters. The number of aromatic nitrogens is 2. The number of allylic oxidation sites excluding steroid dienone is 2. The van der Waals surface area contributed by atoms with Gasteiger partial charge in [-0.2, -0.15) is 5.10 Å². The molecule has 258 valence electrons. The number of hydrogen-bond acceptors (Lipinski definition) is 9. The summed E-state index contributed by atoms with van der Waals surface area (Å²) in [4.78, 5) is 71.2. The Bertz CT molecular complexity index is 2200. The van der Waals surface area contributed by atoms with E-state index in [0.29, 0.717) is 22.3 Å². The van der Waals surface area contributed by atoms with Gasteiger partial charge in [0.1, 0.15) is 29.6 Å². The van der Waals surface area contributed by atoms with Gasteiger partial charge < -0.3 is 14.6 Å². The molecule has 2 aliphatic heterocycles. The molecule has 3 fully saturated rings. The molecule has 1 aromatic carbocycles. The standard InChI is InChI=1S/C36H33ClN4O8S/c1-16-21-12-17(37)4-9-26(21)50-31(16)24-14-27(39(3)38-24)41-33(46)23-13-22-19(30(36(23,2)35(41)48)25-8-5-18(15-42)49-25)6-7-20-29(22)34(47)40(32(20)45)11-10-28(43)44/h4-6,8-9,12,14,20,22-23,29-30,42H,7,10-11,13,15H2,1-3H3,(H,43,44)/t20-,22+,23-,29-,30+,36+/m0/s1. The summed E-state index contributed by atoms with van der Waals surface area (Å²) in [5.74, 6) is -5.63. The largest absolute Gasteiger partial charge is 0.481 e. The van der Waals surface area contributed by atoms with Gasteiger partial charge in [0.2, 0.25) is 23.6 Å². The number of aryl methyl sites for hydroxylation is 2. The lowest BCUT2D eigenvalue weighted by atomic mass is 9.52. The molecule has 2 aliphatic carbocycles. The lowest BCUT2D eigenvalue weighted by Crippen LogP contribution is -2.48. The maximum absolute atomic E-state index is 14.8. The Morgan fingerprint density at radius 1 is 1.10 bits per heavy atom. The summed E-state index contributed by atoms with van der Waals surface area (Å²) in [6, 6.07) is 10.7. The molecule has 0 bridgehead atoms. The number of aliphatic hydroxyl groups excluding tert-OH is 1. The molecule has 0 unspecified atom stereocenters. The van der Waals surface area contributed by atoms with Crippen LogP contribution in [-0.2, 0) is 37.6 Å². The summed E-state index contributed by atoms with van der Waals surface area (Å²) < 4.78 is 8.63. The molecule has 4 amide bonds. The number of aliphatic carboxylic acids is 1. The molecule has 5 heterocycles. The van der Waals surface area contributed by atoms with E-state index in [0.717, 1.165) is 31.0 Å². The van der Waals surface area contributed by atoms with Crippen LogP contribution in [0.5, 0.6) is 0 Å². The van der Waals surface area contributed by atoms with E-state index in [1.807, 2.05) is 31.2 Å². The number of thiophene rings is 1. The third-order valence-electron chi connectivity index (χ3n) is 11.3. The minimum atomic E-state index is -1.33. The fourth-order valence-electron chi connectivity index (χ4n) is 8.88. The van der Waals surface area contributed by atoms with Crippen LogP contribution in [0.25, 0.3) is 20.7 Å². The van der Waals surface area contributed by atoms with E-state index in [-0.39, 0.29) is 38.2 Å². The van der Waals surface area contributed by atoms with E-state index in [1.165, 1.54) is 9.58 Å². The monoisotopic (exact) mass is 716 g/mol. The predicted octanol–water partition coefficient (Wildman–Crippen LogP) is 5.05. The summed E-state index contributed by atoms with van der Waals surface area (Å²) >= 11 is 7.82. The number of fused-ring (bicyclic) bond motifs is 5. The Morgan fingerprint density at radius 3 is 2.60 bits per heavy atom. The first-order chi connectivity index (χ1) is 23.8. The number of furan rings is 1. The Morgan fingerprint density at radius 2 is 1.88 bits per heavy atom.